The van der Waals surface area contributed by atoms with Crippen molar-refractivity contribution in [2.24, 2.45) is 0 Å². The summed E-state index contributed by atoms with van der Waals surface area (Å²) in [5, 5.41) is 5.34. The van der Waals surface area contributed by atoms with Crippen molar-refractivity contribution in [1.29, 1.82) is 0 Å². The van der Waals surface area contributed by atoms with Gasteiger partial charge in [0.2, 0.25) is 5.91 Å². The van der Waals surface area contributed by atoms with E-state index in [0.29, 0.717) is 26.2 Å². The number of anilines is 1. The standard InChI is InChI=1S/C22H23N3O2/c26-21(15-18-7-3-6-17-5-1-2-9-20(17)18)24-16-19-8-4-10-23-22(19)25-11-13-27-14-12-25/h1-10H,11-16H2,(H,24,26). The van der Waals surface area contributed by atoms with Gasteiger partial charge in [-0.25, -0.2) is 4.98 Å². The first-order chi connectivity index (χ1) is 13.3. The number of rotatable bonds is 5. The first kappa shape index (κ1) is 17.5. The Kier molecular flexibility index (Phi) is 5.30. The number of aromatic nitrogens is 1. The Labute approximate surface area is 159 Å². The van der Waals surface area contributed by atoms with Crippen LogP contribution in [-0.4, -0.2) is 37.2 Å². The monoisotopic (exact) mass is 361 g/mol. The molecule has 0 radical (unpaired) electrons. The molecule has 5 heteroatoms. The number of nitrogens with one attached hydrogen (secondary N) is 1. The molecule has 1 aromatic heterocycles. The number of carbonyl (C=O) groups excluding carboxylic acids is 1. The molecule has 1 N–H and O–H groups in total. The molecule has 4 rings (SSSR count). The Balaban J connectivity index is 1.44. The first-order valence-electron chi connectivity index (χ1n) is 9.31. The lowest BCUT2D eigenvalue weighted by molar-refractivity contribution is -0.120. The summed E-state index contributed by atoms with van der Waals surface area (Å²) in [6, 6.07) is 18.2. The normalized spacial score (nSPS) is 14.3. The highest BCUT2D eigenvalue weighted by molar-refractivity contribution is 5.90. The minimum Gasteiger partial charge on any atom is -0.378 e. The molecule has 1 amide bonds. The van der Waals surface area contributed by atoms with Crippen LogP contribution in [-0.2, 0) is 22.5 Å². The van der Waals surface area contributed by atoms with E-state index in [4.69, 9.17) is 4.74 Å². The van der Waals surface area contributed by atoms with Crippen molar-refractivity contribution in [2.75, 3.05) is 31.2 Å². The molecule has 5 nitrogen and oxygen atoms in total. The molecule has 3 aromatic rings. The third kappa shape index (κ3) is 4.09. The second-order valence-electron chi connectivity index (χ2n) is 6.68. The number of benzene rings is 2. The minimum atomic E-state index is 0.0168. The molecule has 0 unspecified atom stereocenters. The van der Waals surface area contributed by atoms with E-state index in [2.05, 4.69) is 33.4 Å². The highest BCUT2D eigenvalue weighted by atomic mass is 16.5. The third-order valence-corrected chi connectivity index (χ3v) is 4.89. The Morgan fingerprint density at radius 3 is 2.67 bits per heavy atom. The van der Waals surface area contributed by atoms with Crippen LogP contribution in [0.4, 0.5) is 5.82 Å². The highest BCUT2D eigenvalue weighted by Gasteiger charge is 2.16. The Morgan fingerprint density at radius 1 is 1.00 bits per heavy atom. The average Bonchev–Trinajstić information content (AvgIpc) is 2.73. The van der Waals surface area contributed by atoms with E-state index in [1.54, 1.807) is 6.20 Å². The molecule has 1 saturated heterocycles. The Bertz CT molecular complexity index is 930. The van der Waals surface area contributed by atoms with Crippen molar-refractivity contribution < 1.29 is 9.53 Å². The van der Waals surface area contributed by atoms with Gasteiger partial charge in [-0.2, -0.15) is 0 Å². The van der Waals surface area contributed by atoms with E-state index < -0.39 is 0 Å². The number of carbonyl (C=O) groups is 1. The molecule has 0 atom stereocenters. The van der Waals surface area contributed by atoms with Gasteiger partial charge in [0.1, 0.15) is 5.82 Å². The number of ether oxygens (including phenoxy) is 1. The largest absolute Gasteiger partial charge is 0.378 e. The topological polar surface area (TPSA) is 54.5 Å². The van der Waals surface area contributed by atoms with Crippen molar-refractivity contribution in [2.45, 2.75) is 13.0 Å². The zero-order valence-electron chi connectivity index (χ0n) is 15.2. The number of pyridine rings is 1. The molecule has 1 aliphatic heterocycles. The van der Waals surface area contributed by atoms with Gasteiger partial charge in [0, 0.05) is 31.4 Å². The van der Waals surface area contributed by atoms with E-state index in [0.717, 1.165) is 40.8 Å². The summed E-state index contributed by atoms with van der Waals surface area (Å²) >= 11 is 0. The number of amides is 1. The van der Waals surface area contributed by atoms with Crippen LogP contribution in [0.5, 0.6) is 0 Å². The van der Waals surface area contributed by atoms with E-state index in [1.807, 2.05) is 36.4 Å². The molecule has 0 bridgehead atoms. The van der Waals surface area contributed by atoms with Gasteiger partial charge < -0.3 is 15.0 Å². The fourth-order valence-electron chi connectivity index (χ4n) is 3.50. The number of morpholine rings is 1. The molecule has 0 aliphatic carbocycles. The van der Waals surface area contributed by atoms with Crippen LogP contribution >= 0.6 is 0 Å². The van der Waals surface area contributed by atoms with Crippen molar-refractivity contribution >= 4 is 22.5 Å². The summed E-state index contributed by atoms with van der Waals surface area (Å²) in [7, 11) is 0. The van der Waals surface area contributed by atoms with Crippen LogP contribution < -0.4 is 10.2 Å². The molecular weight excluding hydrogens is 338 g/mol. The van der Waals surface area contributed by atoms with E-state index >= 15 is 0 Å². The van der Waals surface area contributed by atoms with Crippen molar-refractivity contribution in [3.63, 3.8) is 0 Å². The van der Waals surface area contributed by atoms with Gasteiger partial charge in [-0.3, -0.25) is 4.79 Å². The SMILES string of the molecule is O=C(Cc1cccc2ccccc12)NCc1cccnc1N1CCOCC1. The highest BCUT2D eigenvalue weighted by Crippen LogP contribution is 2.20. The lowest BCUT2D eigenvalue weighted by atomic mass is 10.0. The van der Waals surface area contributed by atoms with Gasteiger partial charge in [-0.05, 0) is 22.4 Å². The molecule has 138 valence electrons. The number of fused-ring (bicyclic) bond motifs is 1. The summed E-state index contributed by atoms with van der Waals surface area (Å²) in [6.07, 6.45) is 2.17. The van der Waals surface area contributed by atoms with Gasteiger partial charge in [0.15, 0.2) is 0 Å². The Morgan fingerprint density at radius 2 is 1.78 bits per heavy atom. The van der Waals surface area contributed by atoms with Crippen LogP contribution in [0.25, 0.3) is 10.8 Å². The minimum absolute atomic E-state index is 0.0168. The van der Waals surface area contributed by atoms with Gasteiger partial charge in [0.05, 0.1) is 19.6 Å². The summed E-state index contributed by atoms with van der Waals surface area (Å²) in [5.74, 6) is 0.953. The zero-order chi connectivity index (χ0) is 18.5. The molecule has 1 aliphatic rings. The van der Waals surface area contributed by atoms with Crippen LogP contribution in [0.3, 0.4) is 0 Å². The second kappa shape index (κ2) is 8.18. The van der Waals surface area contributed by atoms with Crippen molar-refractivity contribution in [3.8, 4) is 0 Å². The number of hydrogen-bond acceptors (Lipinski definition) is 4. The smallest absolute Gasteiger partial charge is 0.224 e. The average molecular weight is 361 g/mol. The summed E-state index contributed by atoms with van der Waals surface area (Å²) < 4.78 is 5.42. The number of hydrogen-bond donors (Lipinski definition) is 1. The fourth-order valence-corrected chi connectivity index (χ4v) is 3.50. The molecule has 2 heterocycles. The predicted octanol–water partition coefficient (Wildman–Crippen LogP) is 2.93. The van der Waals surface area contributed by atoms with Crippen molar-refractivity contribution in [3.05, 3.63) is 71.9 Å². The zero-order valence-corrected chi connectivity index (χ0v) is 15.2. The molecule has 27 heavy (non-hydrogen) atoms. The maximum Gasteiger partial charge on any atom is 0.224 e. The number of nitrogens with zero attached hydrogens (tertiary/aromatic N) is 2. The maximum absolute atomic E-state index is 12.6. The fraction of sp³-hybridized carbons (Fsp3) is 0.273. The summed E-state index contributed by atoms with van der Waals surface area (Å²) in [5.41, 5.74) is 2.08. The Hall–Kier alpha value is -2.92. The van der Waals surface area contributed by atoms with Gasteiger partial charge in [-0.1, -0.05) is 48.5 Å². The van der Waals surface area contributed by atoms with Crippen LogP contribution in [0, 0.1) is 0 Å². The molecule has 2 aromatic carbocycles. The quantitative estimate of drug-likeness (QED) is 0.759. The summed E-state index contributed by atoms with van der Waals surface area (Å²) in [6.45, 7) is 3.55. The third-order valence-electron chi connectivity index (χ3n) is 4.89. The van der Waals surface area contributed by atoms with E-state index in [9.17, 15) is 4.79 Å². The first-order valence-corrected chi connectivity index (χ1v) is 9.31. The second-order valence-corrected chi connectivity index (χ2v) is 6.68. The maximum atomic E-state index is 12.6. The van der Waals surface area contributed by atoms with Crippen LogP contribution in [0.1, 0.15) is 11.1 Å². The van der Waals surface area contributed by atoms with Crippen LogP contribution in [0.2, 0.25) is 0 Å². The lowest BCUT2D eigenvalue weighted by Gasteiger charge is -2.29. The predicted molar refractivity (Wildman–Crippen MR) is 107 cm³/mol. The van der Waals surface area contributed by atoms with E-state index in [1.165, 1.54) is 0 Å². The van der Waals surface area contributed by atoms with Crippen LogP contribution in [0.15, 0.2) is 60.8 Å². The molecule has 1 fully saturated rings. The molecular formula is C22H23N3O2. The summed E-state index contributed by atoms with van der Waals surface area (Å²) in [4.78, 5) is 19.3. The van der Waals surface area contributed by atoms with Crippen molar-refractivity contribution in [1.82, 2.24) is 10.3 Å². The van der Waals surface area contributed by atoms with Gasteiger partial charge >= 0.3 is 0 Å². The van der Waals surface area contributed by atoms with Gasteiger partial charge in [-0.15, -0.1) is 0 Å². The molecule has 0 spiro atoms. The van der Waals surface area contributed by atoms with Gasteiger partial charge in [0.25, 0.3) is 0 Å². The van der Waals surface area contributed by atoms with E-state index in [-0.39, 0.29) is 5.91 Å². The molecule has 0 saturated carbocycles. The lowest BCUT2D eigenvalue weighted by Crippen LogP contribution is -2.38.